The van der Waals surface area contributed by atoms with E-state index in [9.17, 15) is 4.79 Å². The molecule has 0 amide bonds. The van der Waals surface area contributed by atoms with Gasteiger partial charge in [0, 0.05) is 10.8 Å². The largest absolute Gasteiger partial charge is 0.465 e. The molecule has 0 bridgehead atoms. The number of nitrogens with zero attached hydrogens (tertiary/aromatic N) is 1. The normalized spacial score (nSPS) is 9.47. The molecule has 3 nitrogen and oxygen atoms in total. The maximum Gasteiger partial charge on any atom is 0.337 e. The minimum atomic E-state index is -0.497. The molecule has 0 aliphatic rings. The Morgan fingerprint density at radius 1 is 1.67 bits per heavy atom. The number of thiol groups is 1. The van der Waals surface area contributed by atoms with Gasteiger partial charge < -0.3 is 4.74 Å². The highest BCUT2D eigenvalue weighted by Crippen LogP contribution is 2.22. The van der Waals surface area contributed by atoms with Gasteiger partial charge in [-0.1, -0.05) is 0 Å². The fourth-order valence-electron chi connectivity index (χ4n) is 1.13. The lowest BCUT2D eigenvalue weighted by Crippen LogP contribution is -2.03. The van der Waals surface area contributed by atoms with Crippen LogP contribution < -0.4 is 0 Å². The number of nitriles is 1. The Morgan fingerprint density at radius 3 is 2.80 bits per heavy atom. The summed E-state index contributed by atoms with van der Waals surface area (Å²) in [6.07, 6.45) is 0. The van der Waals surface area contributed by atoms with Gasteiger partial charge in [-0.25, -0.2) is 4.79 Å². The maximum atomic E-state index is 11.2. The van der Waals surface area contributed by atoms with Crippen LogP contribution in [-0.2, 0) is 10.6 Å². The lowest BCUT2D eigenvalue weighted by Gasteiger charge is -2.06. The van der Waals surface area contributed by atoms with E-state index < -0.39 is 5.97 Å². The quantitative estimate of drug-likeness (QED) is 0.491. The van der Waals surface area contributed by atoms with Crippen LogP contribution in [0, 0.1) is 11.3 Å². The van der Waals surface area contributed by atoms with Crippen molar-refractivity contribution in [2.24, 2.45) is 0 Å². The third-order valence-corrected chi connectivity index (χ3v) is 2.57. The van der Waals surface area contributed by atoms with Crippen LogP contribution in [-0.4, -0.2) is 13.1 Å². The average Bonchev–Trinajstić information content (AvgIpc) is 2.26. The molecule has 1 aromatic rings. The molecular formula is C10H8ClNO2S. The second-order valence-electron chi connectivity index (χ2n) is 2.76. The van der Waals surface area contributed by atoms with E-state index in [2.05, 4.69) is 17.4 Å². The molecule has 15 heavy (non-hydrogen) atoms. The van der Waals surface area contributed by atoms with Crippen molar-refractivity contribution >= 4 is 30.2 Å². The molecule has 0 unspecified atom stereocenters. The highest BCUT2D eigenvalue weighted by Gasteiger charge is 2.12. The van der Waals surface area contributed by atoms with E-state index in [0.717, 1.165) is 0 Å². The van der Waals surface area contributed by atoms with Gasteiger partial charge in [-0.2, -0.15) is 5.26 Å². The molecule has 0 radical (unpaired) electrons. The zero-order valence-electron chi connectivity index (χ0n) is 7.95. The molecule has 0 aliphatic carbocycles. The smallest absolute Gasteiger partial charge is 0.337 e. The van der Waals surface area contributed by atoms with E-state index in [1.54, 1.807) is 0 Å². The van der Waals surface area contributed by atoms with E-state index in [1.807, 2.05) is 6.07 Å². The molecule has 0 atom stereocenters. The van der Waals surface area contributed by atoms with Gasteiger partial charge in [-0.15, -0.1) is 24.2 Å². The van der Waals surface area contributed by atoms with Crippen LogP contribution in [0.3, 0.4) is 0 Å². The van der Waals surface area contributed by atoms with Crippen LogP contribution in [0.4, 0.5) is 0 Å². The summed E-state index contributed by atoms with van der Waals surface area (Å²) in [4.78, 5) is 11.8. The summed E-state index contributed by atoms with van der Waals surface area (Å²) in [6.45, 7) is 0. The number of hydrogen-bond donors (Lipinski definition) is 1. The van der Waals surface area contributed by atoms with Crippen molar-refractivity contribution in [3.05, 3.63) is 28.8 Å². The molecule has 5 heteroatoms. The standard InChI is InChI=1S/C10H8ClNO2S/c1-14-10(13)6-2-7(5-12)8(4-11)9(15)3-6/h2-3,15H,4H2,1H3. The summed E-state index contributed by atoms with van der Waals surface area (Å²) in [5, 5.41) is 8.86. The number of methoxy groups -OCH3 is 1. The summed E-state index contributed by atoms with van der Waals surface area (Å²) >= 11 is 9.83. The van der Waals surface area contributed by atoms with Crippen molar-refractivity contribution in [3.63, 3.8) is 0 Å². The Kier molecular flexibility index (Phi) is 4.01. The summed E-state index contributed by atoms with van der Waals surface area (Å²) in [5.41, 5.74) is 1.26. The van der Waals surface area contributed by atoms with Gasteiger partial charge >= 0.3 is 5.97 Å². The second kappa shape index (κ2) is 5.06. The van der Waals surface area contributed by atoms with Gasteiger partial charge in [0.15, 0.2) is 0 Å². The van der Waals surface area contributed by atoms with E-state index >= 15 is 0 Å². The van der Waals surface area contributed by atoms with E-state index in [4.69, 9.17) is 16.9 Å². The first-order chi connectivity index (χ1) is 7.13. The first kappa shape index (κ1) is 11.9. The van der Waals surface area contributed by atoms with Gasteiger partial charge in [-0.05, 0) is 17.7 Å². The number of carbonyl (C=O) groups is 1. The van der Waals surface area contributed by atoms with Crippen molar-refractivity contribution in [2.75, 3.05) is 7.11 Å². The fraction of sp³-hybridized carbons (Fsp3) is 0.200. The summed E-state index contributed by atoms with van der Waals surface area (Å²) in [7, 11) is 1.28. The van der Waals surface area contributed by atoms with Crippen LogP contribution in [0.5, 0.6) is 0 Å². The van der Waals surface area contributed by atoms with E-state index in [0.29, 0.717) is 21.6 Å². The predicted molar refractivity (Wildman–Crippen MR) is 59.3 cm³/mol. The molecule has 0 saturated heterocycles. The number of esters is 1. The Labute approximate surface area is 98.0 Å². The number of rotatable bonds is 2. The Hall–Kier alpha value is -1.18. The number of benzene rings is 1. The van der Waals surface area contributed by atoms with Gasteiger partial charge in [-0.3, -0.25) is 0 Å². The van der Waals surface area contributed by atoms with Crippen LogP contribution in [0.1, 0.15) is 21.5 Å². The van der Waals surface area contributed by atoms with Gasteiger partial charge in [0.25, 0.3) is 0 Å². The van der Waals surface area contributed by atoms with Crippen molar-refractivity contribution in [3.8, 4) is 6.07 Å². The summed E-state index contributed by atoms with van der Waals surface area (Å²) < 4.78 is 4.55. The monoisotopic (exact) mass is 241 g/mol. The fourth-order valence-corrected chi connectivity index (χ4v) is 1.85. The van der Waals surface area contributed by atoms with Gasteiger partial charge in [0.05, 0.1) is 24.3 Å². The number of ether oxygens (including phenoxy) is 1. The van der Waals surface area contributed by atoms with Crippen molar-refractivity contribution in [2.45, 2.75) is 10.8 Å². The molecule has 1 aromatic carbocycles. The van der Waals surface area contributed by atoms with Crippen LogP contribution in [0.2, 0.25) is 0 Å². The van der Waals surface area contributed by atoms with E-state index in [1.165, 1.54) is 19.2 Å². The molecular weight excluding hydrogens is 234 g/mol. The molecule has 0 aromatic heterocycles. The Balaban J connectivity index is 3.33. The summed E-state index contributed by atoms with van der Waals surface area (Å²) in [5.74, 6) is -0.314. The zero-order valence-corrected chi connectivity index (χ0v) is 9.60. The second-order valence-corrected chi connectivity index (χ2v) is 3.51. The first-order valence-electron chi connectivity index (χ1n) is 4.04. The summed E-state index contributed by atoms with van der Waals surface area (Å²) in [6, 6.07) is 4.95. The minimum absolute atomic E-state index is 0.184. The van der Waals surface area contributed by atoms with Crippen LogP contribution in [0.15, 0.2) is 17.0 Å². The van der Waals surface area contributed by atoms with Gasteiger partial charge in [0.1, 0.15) is 0 Å². The van der Waals surface area contributed by atoms with Gasteiger partial charge in [0.2, 0.25) is 0 Å². The minimum Gasteiger partial charge on any atom is -0.465 e. The molecule has 0 heterocycles. The van der Waals surface area contributed by atoms with Crippen molar-refractivity contribution in [1.29, 1.82) is 5.26 Å². The Bertz CT molecular complexity index is 440. The third kappa shape index (κ3) is 2.44. The number of hydrogen-bond acceptors (Lipinski definition) is 4. The van der Waals surface area contributed by atoms with Crippen molar-refractivity contribution < 1.29 is 9.53 Å². The van der Waals surface area contributed by atoms with Crippen LogP contribution in [0.25, 0.3) is 0 Å². The van der Waals surface area contributed by atoms with Crippen LogP contribution >= 0.6 is 24.2 Å². The lowest BCUT2D eigenvalue weighted by molar-refractivity contribution is 0.0600. The SMILES string of the molecule is COC(=O)c1cc(S)c(CCl)c(C#N)c1. The predicted octanol–water partition coefficient (Wildman–Crippen LogP) is 2.37. The number of halogens is 1. The highest BCUT2D eigenvalue weighted by atomic mass is 35.5. The topological polar surface area (TPSA) is 50.1 Å². The Morgan fingerprint density at radius 2 is 2.33 bits per heavy atom. The van der Waals surface area contributed by atoms with Crippen molar-refractivity contribution in [1.82, 2.24) is 0 Å². The lowest BCUT2D eigenvalue weighted by atomic mass is 10.1. The number of carbonyl (C=O) groups excluding carboxylic acids is 1. The molecule has 0 fully saturated rings. The molecule has 0 spiro atoms. The zero-order chi connectivity index (χ0) is 11.4. The molecule has 0 saturated carbocycles. The molecule has 78 valence electrons. The number of alkyl halides is 1. The molecule has 1 rings (SSSR count). The average molecular weight is 242 g/mol. The highest BCUT2D eigenvalue weighted by molar-refractivity contribution is 7.80. The third-order valence-electron chi connectivity index (χ3n) is 1.90. The van der Waals surface area contributed by atoms with E-state index in [-0.39, 0.29) is 5.88 Å². The maximum absolute atomic E-state index is 11.2. The first-order valence-corrected chi connectivity index (χ1v) is 5.02. The molecule has 0 N–H and O–H groups in total. The molecule has 0 aliphatic heterocycles.